The van der Waals surface area contributed by atoms with Crippen LogP contribution >= 0.6 is 0 Å². The fourth-order valence-corrected chi connectivity index (χ4v) is 10.2. The van der Waals surface area contributed by atoms with Gasteiger partial charge < -0.3 is 9.30 Å². The summed E-state index contributed by atoms with van der Waals surface area (Å²) in [6.45, 7) is 0. The number of nitrogens with zero attached hydrogens (tertiary/aromatic N) is 2. The minimum atomic E-state index is -0.493. The van der Waals surface area contributed by atoms with Gasteiger partial charge in [0.25, 0.3) is 0 Å². The largest absolute Gasteiger partial charge is 0.315 e. The van der Waals surface area contributed by atoms with Crippen LogP contribution in [0.1, 0.15) is 29.7 Å². The molecule has 1 aliphatic rings. The fourth-order valence-electron chi connectivity index (χ4n) is 10.2. The van der Waals surface area contributed by atoms with Crippen molar-refractivity contribution in [2.75, 3.05) is 4.90 Å². The van der Waals surface area contributed by atoms with Crippen molar-refractivity contribution in [2.24, 2.45) is 0 Å². The van der Waals surface area contributed by atoms with Gasteiger partial charge in [0.1, 0.15) is 0 Å². The molecule has 62 heavy (non-hydrogen) atoms. The Balaban J connectivity index is 0.00000432. The van der Waals surface area contributed by atoms with E-state index in [-0.39, 0.29) is 7.43 Å². The van der Waals surface area contributed by atoms with E-state index in [2.05, 4.69) is 252 Å². The van der Waals surface area contributed by atoms with Gasteiger partial charge in [-0.2, -0.15) is 0 Å². The summed E-state index contributed by atoms with van der Waals surface area (Å²) in [5.41, 5.74) is 17.7. The quantitative estimate of drug-likeness (QED) is 0.156. The van der Waals surface area contributed by atoms with E-state index in [4.69, 9.17) is 0 Å². The molecule has 0 saturated carbocycles. The lowest BCUT2D eigenvalue weighted by Crippen LogP contribution is -2.28. The number of anilines is 3. The van der Waals surface area contributed by atoms with Crippen LogP contribution in [0.4, 0.5) is 17.1 Å². The maximum atomic E-state index is 2.45. The molecular formula is C60H44N2. The van der Waals surface area contributed by atoms with Gasteiger partial charge in [-0.15, -0.1) is 0 Å². The lowest BCUT2D eigenvalue weighted by Gasteiger charge is -2.35. The molecule has 0 atom stereocenters. The Bertz CT molecular complexity index is 3360. The summed E-state index contributed by atoms with van der Waals surface area (Å²) in [7, 11) is 0. The molecule has 12 rings (SSSR count). The molecule has 1 aliphatic carbocycles. The maximum Gasteiger partial charge on any atom is 0.0714 e. The predicted octanol–water partition coefficient (Wildman–Crippen LogP) is 16.0. The van der Waals surface area contributed by atoms with Crippen LogP contribution in [-0.2, 0) is 5.41 Å². The standard InChI is InChI=1S/C59H40N2.CH4/c1-5-19-42(20-6-1)57-55-37-33-44(40-60(55)56-36-32-41-18-13-14-29-50(41)58(56)57)43-21-17-28-48(38-43)61(47-26-11-4-12-27-47)49-34-35-52-51-30-15-16-31-53(51)59(54(52)39-49,45-22-7-2-8-23-45)46-24-9-3-10-25-46;/h1-40H;1H4. The molecule has 2 nitrogen and oxygen atoms in total. The zero-order valence-corrected chi connectivity index (χ0v) is 33.5. The van der Waals surface area contributed by atoms with E-state index in [9.17, 15) is 0 Å². The Morgan fingerprint density at radius 2 is 0.952 bits per heavy atom. The van der Waals surface area contributed by atoms with Crippen molar-refractivity contribution in [3.05, 3.63) is 265 Å². The second-order valence-electron chi connectivity index (χ2n) is 16.1. The molecule has 9 aromatic carbocycles. The molecule has 0 amide bonds. The molecule has 2 heterocycles. The van der Waals surface area contributed by atoms with Gasteiger partial charge >= 0.3 is 0 Å². The van der Waals surface area contributed by atoms with E-state index in [1.54, 1.807) is 0 Å². The van der Waals surface area contributed by atoms with Crippen LogP contribution in [0.2, 0.25) is 0 Å². The first-order valence-electron chi connectivity index (χ1n) is 21.1. The normalized spacial score (nSPS) is 12.5. The third-order valence-electron chi connectivity index (χ3n) is 12.8. The summed E-state index contributed by atoms with van der Waals surface area (Å²) < 4.78 is 2.39. The van der Waals surface area contributed by atoms with E-state index in [0.29, 0.717) is 0 Å². The van der Waals surface area contributed by atoms with E-state index in [0.717, 1.165) is 28.2 Å². The summed E-state index contributed by atoms with van der Waals surface area (Å²) in [4.78, 5) is 2.41. The Kier molecular flexibility index (Phi) is 8.95. The lowest BCUT2D eigenvalue weighted by molar-refractivity contribution is 0.768. The van der Waals surface area contributed by atoms with Gasteiger partial charge in [0.2, 0.25) is 0 Å². The number of hydrogen-bond acceptors (Lipinski definition) is 1. The van der Waals surface area contributed by atoms with Crippen LogP contribution in [-0.4, -0.2) is 4.40 Å². The summed E-state index contributed by atoms with van der Waals surface area (Å²) in [6, 6.07) is 86.6. The minimum Gasteiger partial charge on any atom is -0.315 e. The van der Waals surface area contributed by atoms with Crippen molar-refractivity contribution in [3.63, 3.8) is 0 Å². The number of aromatic nitrogens is 1. The van der Waals surface area contributed by atoms with E-state index in [1.807, 2.05) is 0 Å². The molecule has 0 N–H and O–H groups in total. The Morgan fingerprint density at radius 1 is 0.371 bits per heavy atom. The third-order valence-corrected chi connectivity index (χ3v) is 12.8. The Hall–Kier alpha value is -7.94. The zero-order chi connectivity index (χ0) is 40.3. The highest BCUT2D eigenvalue weighted by Crippen LogP contribution is 2.57. The van der Waals surface area contributed by atoms with E-state index < -0.39 is 5.41 Å². The predicted molar refractivity (Wildman–Crippen MR) is 262 cm³/mol. The van der Waals surface area contributed by atoms with Crippen molar-refractivity contribution in [1.29, 1.82) is 0 Å². The molecule has 0 radical (unpaired) electrons. The van der Waals surface area contributed by atoms with Gasteiger partial charge in [-0.1, -0.05) is 195 Å². The Morgan fingerprint density at radius 3 is 1.71 bits per heavy atom. The highest BCUT2D eigenvalue weighted by Gasteiger charge is 2.46. The first-order valence-corrected chi connectivity index (χ1v) is 21.1. The maximum absolute atomic E-state index is 2.45. The average Bonchev–Trinajstić information content (AvgIpc) is 3.83. The first kappa shape index (κ1) is 37.1. The average molecular weight is 793 g/mol. The second kappa shape index (κ2) is 15.0. The number of pyridine rings is 1. The number of para-hydroxylation sites is 1. The van der Waals surface area contributed by atoms with Crippen LogP contribution < -0.4 is 4.90 Å². The highest BCUT2D eigenvalue weighted by atomic mass is 15.1. The minimum absolute atomic E-state index is 0. The lowest BCUT2D eigenvalue weighted by atomic mass is 9.67. The van der Waals surface area contributed by atoms with Crippen molar-refractivity contribution >= 4 is 44.3 Å². The summed E-state index contributed by atoms with van der Waals surface area (Å²) in [6.07, 6.45) is 2.32. The summed E-state index contributed by atoms with van der Waals surface area (Å²) in [5.74, 6) is 0. The summed E-state index contributed by atoms with van der Waals surface area (Å²) >= 11 is 0. The molecular weight excluding hydrogens is 749 g/mol. The molecule has 11 aromatic rings. The highest BCUT2D eigenvalue weighted by molar-refractivity contribution is 6.18. The van der Waals surface area contributed by atoms with Crippen LogP contribution in [0.3, 0.4) is 0 Å². The van der Waals surface area contributed by atoms with Crippen LogP contribution in [0.5, 0.6) is 0 Å². The van der Waals surface area contributed by atoms with Crippen molar-refractivity contribution in [1.82, 2.24) is 4.40 Å². The van der Waals surface area contributed by atoms with Gasteiger partial charge in [-0.05, 0) is 109 Å². The van der Waals surface area contributed by atoms with Gasteiger partial charge in [-0.25, -0.2) is 0 Å². The number of rotatable bonds is 7. The van der Waals surface area contributed by atoms with E-state index >= 15 is 0 Å². The van der Waals surface area contributed by atoms with Crippen molar-refractivity contribution in [2.45, 2.75) is 12.8 Å². The van der Waals surface area contributed by atoms with Crippen LogP contribution in [0.25, 0.3) is 60.6 Å². The first-order chi connectivity index (χ1) is 30.3. The molecule has 2 aromatic heterocycles. The summed E-state index contributed by atoms with van der Waals surface area (Å²) in [5, 5.41) is 3.80. The van der Waals surface area contributed by atoms with Crippen LogP contribution in [0.15, 0.2) is 243 Å². The SMILES string of the molecule is C.c1ccc(-c2c3c4ccccc4ccc3n3cc(-c4cccc(N(c5ccccc5)c5ccc6c(c5)C(c5ccccc5)(c5ccccc5)c5ccccc5-6)c4)ccc23)cc1. The van der Waals surface area contributed by atoms with Gasteiger partial charge in [0, 0.05) is 34.2 Å². The smallest absolute Gasteiger partial charge is 0.0714 e. The molecule has 2 heteroatoms. The number of benzene rings is 9. The van der Waals surface area contributed by atoms with Gasteiger partial charge in [0.15, 0.2) is 0 Å². The molecule has 294 valence electrons. The molecule has 0 aliphatic heterocycles. The van der Waals surface area contributed by atoms with Gasteiger partial charge in [-0.3, -0.25) is 0 Å². The number of hydrogen-bond donors (Lipinski definition) is 0. The molecule has 0 saturated heterocycles. The van der Waals surface area contributed by atoms with Crippen molar-refractivity contribution < 1.29 is 0 Å². The Labute approximate surface area is 363 Å². The van der Waals surface area contributed by atoms with Gasteiger partial charge in [0.05, 0.1) is 16.4 Å². The molecule has 0 bridgehead atoms. The third kappa shape index (κ3) is 5.65. The van der Waals surface area contributed by atoms with Crippen molar-refractivity contribution in [3.8, 4) is 33.4 Å². The van der Waals surface area contributed by atoms with Crippen LogP contribution in [0, 0.1) is 0 Å². The zero-order valence-electron chi connectivity index (χ0n) is 33.5. The van der Waals surface area contributed by atoms with E-state index in [1.165, 1.54) is 71.7 Å². The molecule has 0 unspecified atom stereocenters. The molecule has 0 fully saturated rings. The monoisotopic (exact) mass is 792 g/mol. The number of fused-ring (bicyclic) bond motifs is 8. The fraction of sp³-hybridized carbons (Fsp3) is 0.0333. The molecule has 0 spiro atoms. The topological polar surface area (TPSA) is 7.65 Å². The second-order valence-corrected chi connectivity index (χ2v) is 16.1.